The molecule has 8 heavy (non-hydrogen) atoms. The van der Waals surface area contributed by atoms with Gasteiger partial charge in [-0.05, 0) is 13.0 Å². The highest BCUT2D eigenvalue weighted by Gasteiger charge is 1.96. The van der Waals surface area contributed by atoms with Crippen molar-refractivity contribution in [1.29, 1.82) is 0 Å². The fraction of sp³-hybridized carbons (Fsp3) is 0.667. The van der Waals surface area contributed by atoms with Gasteiger partial charge in [0.05, 0.1) is 0 Å². The van der Waals surface area contributed by atoms with Crippen molar-refractivity contribution < 1.29 is 0 Å². The standard InChI is InChI=1S/C6H12N2/c1-6-5-7-3-2-4-8-6/h7-8H,1-5H2. The summed E-state index contributed by atoms with van der Waals surface area (Å²) in [6.07, 6.45) is 1.21. The third kappa shape index (κ3) is 1.54. The second-order valence-corrected chi connectivity index (χ2v) is 2.06. The molecule has 0 amide bonds. The van der Waals surface area contributed by atoms with Gasteiger partial charge in [0.25, 0.3) is 0 Å². The molecule has 0 unspecified atom stereocenters. The third-order valence-electron chi connectivity index (χ3n) is 1.24. The van der Waals surface area contributed by atoms with E-state index in [4.69, 9.17) is 0 Å². The molecule has 0 aromatic heterocycles. The van der Waals surface area contributed by atoms with Crippen molar-refractivity contribution in [3.63, 3.8) is 0 Å². The van der Waals surface area contributed by atoms with E-state index >= 15 is 0 Å². The fourth-order valence-electron chi connectivity index (χ4n) is 0.780. The van der Waals surface area contributed by atoms with Crippen molar-refractivity contribution in [1.82, 2.24) is 10.6 Å². The molecule has 0 spiro atoms. The van der Waals surface area contributed by atoms with E-state index < -0.39 is 0 Å². The van der Waals surface area contributed by atoms with Gasteiger partial charge >= 0.3 is 0 Å². The van der Waals surface area contributed by atoms with Crippen molar-refractivity contribution >= 4 is 0 Å². The van der Waals surface area contributed by atoms with Crippen LogP contribution in [0.15, 0.2) is 12.3 Å². The Morgan fingerprint density at radius 2 is 2.25 bits per heavy atom. The lowest BCUT2D eigenvalue weighted by molar-refractivity contribution is 0.728. The average molecular weight is 112 g/mol. The van der Waals surface area contributed by atoms with E-state index in [0.29, 0.717) is 0 Å². The second-order valence-electron chi connectivity index (χ2n) is 2.06. The molecule has 1 saturated heterocycles. The van der Waals surface area contributed by atoms with E-state index in [0.717, 1.165) is 25.3 Å². The van der Waals surface area contributed by atoms with Crippen LogP contribution in [-0.2, 0) is 0 Å². The average Bonchev–Trinajstić information content (AvgIpc) is 1.94. The first kappa shape index (κ1) is 5.63. The Bertz CT molecular complexity index is 78.5. The molecule has 1 fully saturated rings. The van der Waals surface area contributed by atoms with Crippen molar-refractivity contribution in [2.45, 2.75) is 6.42 Å². The Balaban J connectivity index is 2.27. The molecular weight excluding hydrogens is 100 g/mol. The highest BCUT2D eigenvalue weighted by molar-refractivity contribution is 4.94. The lowest BCUT2D eigenvalue weighted by Crippen LogP contribution is -2.18. The zero-order chi connectivity index (χ0) is 5.82. The summed E-state index contributed by atoms with van der Waals surface area (Å²) in [7, 11) is 0. The molecular formula is C6H12N2. The van der Waals surface area contributed by atoms with Crippen molar-refractivity contribution in [3.05, 3.63) is 12.3 Å². The predicted octanol–water partition coefficient (Wildman–Crippen LogP) is 0.0830. The molecule has 0 bridgehead atoms. The van der Waals surface area contributed by atoms with Gasteiger partial charge < -0.3 is 10.6 Å². The number of hydrogen-bond acceptors (Lipinski definition) is 2. The van der Waals surface area contributed by atoms with Crippen LogP contribution in [0.1, 0.15) is 6.42 Å². The first-order chi connectivity index (χ1) is 3.89. The smallest absolute Gasteiger partial charge is 0.0347 e. The Hall–Kier alpha value is -0.500. The molecule has 1 aliphatic rings. The van der Waals surface area contributed by atoms with Crippen molar-refractivity contribution in [2.24, 2.45) is 0 Å². The van der Waals surface area contributed by atoms with Crippen LogP contribution in [0.4, 0.5) is 0 Å². The highest BCUT2D eigenvalue weighted by atomic mass is 15.0. The Labute approximate surface area is 50.0 Å². The summed E-state index contributed by atoms with van der Waals surface area (Å²) in [5.74, 6) is 0. The van der Waals surface area contributed by atoms with E-state index in [9.17, 15) is 0 Å². The number of nitrogens with one attached hydrogen (secondary N) is 2. The molecule has 2 N–H and O–H groups in total. The van der Waals surface area contributed by atoms with Gasteiger partial charge in [0.15, 0.2) is 0 Å². The Morgan fingerprint density at radius 3 is 3.12 bits per heavy atom. The monoisotopic (exact) mass is 112 g/mol. The summed E-state index contributed by atoms with van der Waals surface area (Å²) in [6.45, 7) is 6.92. The van der Waals surface area contributed by atoms with Gasteiger partial charge in [-0.2, -0.15) is 0 Å². The fourth-order valence-corrected chi connectivity index (χ4v) is 0.780. The normalized spacial score (nSPS) is 21.8. The molecule has 0 aromatic rings. The summed E-state index contributed by atoms with van der Waals surface area (Å²) >= 11 is 0. The van der Waals surface area contributed by atoms with Crippen LogP contribution in [0.3, 0.4) is 0 Å². The molecule has 0 atom stereocenters. The topological polar surface area (TPSA) is 24.1 Å². The van der Waals surface area contributed by atoms with Crippen LogP contribution in [0.5, 0.6) is 0 Å². The summed E-state index contributed by atoms with van der Waals surface area (Å²) in [5, 5.41) is 6.42. The van der Waals surface area contributed by atoms with Crippen molar-refractivity contribution in [2.75, 3.05) is 19.6 Å². The summed E-state index contributed by atoms with van der Waals surface area (Å²) in [6, 6.07) is 0. The Kier molecular flexibility index (Phi) is 1.92. The van der Waals surface area contributed by atoms with Gasteiger partial charge in [0.2, 0.25) is 0 Å². The van der Waals surface area contributed by atoms with Gasteiger partial charge in [-0.3, -0.25) is 0 Å². The van der Waals surface area contributed by atoms with Gasteiger partial charge in [-0.25, -0.2) is 0 Å². The van der Waals surface area contributed by atoms with Crippen LogP contribution < -0.4 is 10.6 Å². The Morgan fingerprint density at radius 1 is 1.38 bits per heavy atom. The summed E-state index contributed by atoms with van der Waals surface area (Å²) in [4.78, 5) is 0. The predicted molar refractivity (Wildman–Crippen MR) is 34.6 cm³/mol. The molecule has 0 aromatic carbocycles. The van der Waals surface area contributed by atoms with Crippen LogP contribution in [-0.4, -0.2) is 19.6 Å². The zero-order valence-corrected chi connectivity index (χ0v) is 5.04. The van der Waals surface area contributed by atoms with E-state index in [1.54, 1.807) is 0 Å². The molecule has 2 heteroatoms. The third-order valence-corrected chi connectivity index (χ3v) is 1.24. The van der Waals surface area contributed by atoms with Gasteiger partial charge in [-0.15, -0.1) is 0 Å². The minimum Gasteiger partial charge on any atom is -0.388 e. The van der Waals surface area contributed by atoms with E-state index in [2.05, 4.69) is 17.2 Å². The quantitative estimate of drug-likeness (QED) is 0.464. The van der Waals surface area contributed by atoms with Crippen molar-refractivity contribution in [3.8, 4) is 0 Å². The minimum atomic E-state index is 0.931. The first-order valence-electron chi connectivity index (χ1n) is 3.02. The number of rotatable bonds is 0. The largest absolute Gasteiger partial charge is 0.388 e. The molecule has 0 radical (unpaired) electrons. The first-order valence-corrected chi connectivity index (χ1v) is 3.02. The molecule has 1 aliphatic heterocycles. The SMILES string of the molecule is C=C1CNCCCN1. The zero-order valence-electron chi connectivity index (χ0n) is 5.04. The molecule has 2 nitrogen and oxygen atoms in total. The lowest BCUT2D eigenvalue weighted by atomic mass is 10.4. The second kappa shape index (κ2) is 2.72. The molecule has 0 saturated carbocycles. The lowest BCUT2D eigenvalue weighted by Gasteiger charge is -2.00. The van der Waals surface area contributed by atoms with Crippen LogP contribution in [0, 0.1) is 0 Å². The van der Waals surface area contributed by atoms with Crippen LogP contribution >= 0.6 is 0 Å². The van der Waals surface area contributed by atoms with Gasteiger partial charge in [0, 0.05) is 18.8 Å². The van der Waals surface area contributed by atoms with Gasteiger partial charge in [0.1, 0.15) is 0 Å². The molecule has 46 valence electrons. The maximum atomic E-state index is 3.80. The van der Waals surface area contributed by atoms with E-state index in [1.807, 2.05) is 0 Å². The molecule has 1 rings (SSSR count). The van der Waals surface area contributed by atoms with E-state index in [1.165, 1.54) is 6.42 Å². The summed E-state index contributed by atoms with van der Waals surface area (Å²) < 4.78 is 0. The van der Waals surface area contributed by atoms with E-state index in [-0.39, 0.29) is 0 Å². The molecule has 0 aliphatic carbocycles. The minimum absolute atomic E-state index is 0.931. The van der Waals surface area contributed by atoms with Crippen LogP contribution in [0.25, 0.3) is 0 Å². The number of hydrogen-bond donors (Lipinski definition) is 2. The maximum Gasteiger partial charge on any atom is 0.0347 e. The van der Waals surface area contributed by atoms with Crippen LogP contribution in [0.2, 0.25) is 0 Å². The van der Waals surface area contributed by atoms with Gasteiger partial charge in [-0.1, -0.05) is 6.58 Å². The molecule has 1 heterocycles. The summed E-state index contributed by atoms with van der Waals surface area (Å²) in [5.41, 5.74) is 1.11. The maximum absolute atomic E-state index is 3.80. The highest BCUT2D eigenvalue weighted by Crippen LogP contribution is 1.86.